The number of aliphatic hydroxyl groups is 1. The van der Waals surface area contributed by atoms with Crippen LogP contribution >= 0.6 is 34.8 Å². The van der Waals surface area contributed by atoms with Gasteiger partial charge in [0.2, 0.25) is 0 Å². The number of hydrogen-bond donors (Lipinski definition) is 2. The van der Waals surface area contributed by atoms with Crippen molar-refractivity contribution in [2.45, 2.75) is 32.3 Å². The number of rotatable bonds is 8. The number of fused-ring (bicyclic) bond motifs is 3. The molecule has 0 heterocycles. The van der Waals surface area contributed by atoms with Gasteiger partial charge in [-0.3, -0.25) is 0 Å². The quantitative estimate of drug-likeness (QED) is 0.247. The van der Waals surface area contributed by atoms with Crippen LogP contribution in [0, 0.1) is 0 Å². The highest BCUT2D eigenvalue weighted by Crippen LogP contribution is 2.49. The van der Waals surface area contributed by atoms with Crippen LogP contribution in [0.15, 0.2) is 54.6 Å². The minimum atomic E-state index is -0.664. The van der Waals surface area contributed by atoms with Crippen LogP contribution in [0.5, 0.6) is 0 Å². The lowest BCUT2D eigenvalue weighted by Gasteiger charge is -2.17. The second-order valence-electron chi connectivity index (χ2n) is 8.14. The van der Waals surface area contributed by atoms with Crippen molar-refractivity contribution >= 4 is 46.5 Å². The average Bonchev–Trinajstić information content (AvgIpc) is 3.06. The highest BCUT2D eigenvalue weighted by Gasteiger charge is 2.29. The second-order valence-corrected chi connectivity index (χ2v) is 9.45. The molecule has 1 unspecified atom stereocenters. The van der Waals surface area contributed by atoms with E-state index in [1.54, 1.807) is 0 Å². The summed E-state index contributed by atoms with van der Waals surface area (Å²) in [6.07, 6.45) is 4.91. The zero-order valence-corrected chi connectivity index (χ0v) is 20.2. The van der Waals surface area contributed by atoms with Gasteiger partial charge in [-0.15, -0.1) is 0 Å². The zero-order valence-electron chi connectivity index (χ0n) is 18.0. The normalized spacial score (nSPS) is 14.5. The maximum Gasteiger partial charge on any atom is 0.0921 e. The fraction of sp³-hybridized carbons (Fsp3) is 0.259. The molecule has 0 saturated carbocycles. The lowest BCUT2D eigenvalue weighted by Crippen LogP contribution is -2.23. The topological polar surface area (TPSA) is 32.3 Å². The van der Waals surface area contributed by atoms with E-state index in [9.17, 15) is 5.11 Å². The van der Waals surface area contributed by atoms with Crippen molar-refractivity contribution in [2.75, 3.05) is 13.1 Å². The van der Waals surface area contributed by atoms with Crippen LogP contribution in [0.4, 0.5) is 0 Å². The second kappa shape index (κ2) is 10.4. The van der Waals surface area contributed by atoms with E-state index in [1.807, 2.05) is 54.6 Å². The van der Waals surface area contributed by atoms with Crippen molar-refractivity contribution < 1.29 is 5.11 Å². The van der Waals surface area contributed by atoms with Gasteiger partial charge in [-0.1, -0.05) is 72.8 Å². The van der Waals surface area contributed by atoms with E-state index in [0.29, 0.717) is 21.6 Å². The van der Waals surface area contributed by atoms with E-state index in [4.69, 9.17) is 34.8 Å². The molecule has 4 rings (SSSR count). The van der Waals surface area contributed by atoms with Gasteiger partial charge in [0, 0.05) is 21.6 Å². The third-order valence-corrected chi connectivity index (χ3v) is 6.51. The summed E-state index contributed by atoms with van der Waals surface area (Å²) < 4.78 is 0. The van der Waals surface area contributed by atoms with Crippen LogP contribution in [-0.2, 0) is 0 Å². The predicted molar refractivity (Wildman–Crippen MR) is 138 cm³/mol. The third-order valence-electron chi connectivity index (χ3n) is 5.80. The molecule has 1 aliphatic carbocycles. The number of unbranched alkanes of at least 4 members (excludes halogenated alkanes) is 2. The molecule has 166 valence electrons. The SMILES string of the molecule is CCCCCNCC(O)c1cc(Cl)cc2c1-c1ccc(Cl)cc1/C2=C\c1ccc(Cl)cc1. The molecule has 0 aliphatic heterocycles. The van der Waals surface area contributed by atoms with Crippen molar-refractivity contribution in [1.29, 1.82) is 0 Å². The van der Waals surface area contributed by atoms with E-state index in [0.717, 1.165) is 51.9 Å². The first kappa shape index (κ1) is 23.4. The van der Waals surface area contributed by atoms with Crippen molar-refractivity contribution in [3.63, 3.8) is 0 Å². The number of nitrogens with one attached hydrogen (secondary N) is 1. The third kappa shape index (κ3) is 5.06. The fourth-order valence-corrected chi connectivity index (χ4v) is 4.76. The van der Waals surface area contributed by atoms with Gasteiger partial charge in [0.15, 0.2) is 0 Å². The van der Waals surface area contributed by atoms with Crippen molar-refractivity contribution in [2.24, 2.45) is 0 Å². The van der Waals surface area contributed by atoms with Crippen LogP contribution in [0.25, 0.3) is 22.8 Å². The molecular formula is C27H26Cl3NO. The molecule has 1 atom stereocenters. The van der Waals surface area contributed by atoms with E-state index >= 15 is 0 Å². The lowest BCUT2D eigenvalue weighted by molar-refractivity contribution is 0.175. The van der Waals surface area contributed by atoms with Crippen LogP contribution in [-0.4, -0.2) is 18.2 Å². The zero-order chi connectivity index (χ0) is 22.7. The maximum absolute atomic E-state index is 11.1. The lowest BCUT2D eigenvalue weighted by atomic mass is 9.95. The molecule has 5 heteroatoms. The first-order valence-electron chi connectivity index (χ1n) is 11.0. The van der Waals surface area contributed by atoms with Gasteiger partial charge in [0.1, 0.15) is 0 Å². The Morgan fingerprint density at radius 3 is 2.31 bits per heavy atom. The molecule has 32 heavy (non-hydrogen) atoms. The Balaban J connectivity index is 1.77. The molecule has 2 nitrogen and oxygen atoms in total. The fourth-order valence-electron chi connectivity index (χ4n) is 4.24. The van der Waals surface area contributed by atoms with Gasteiger partial charge >= 0.3 is 0 Å². The Kier molecular flexibility index (Phi) is 7.60. The Morgan fingerprint density at radius 2 is 1.56 bits per heavy atom. The molecule has 3 aromatic rings. The van der Waals surface area contributed by atoms with Gasteiger partial charge in [0.05, 0.1) is 6.10 Å². The van der Waals surface area contributed by atoms with Gasteiger partial charge in [0.25, 0.3) is 0 Å². The maximum atomic E-state index is 11.1. The van der Waals surface area contributed by atoms with Crippen LogP contribution < -0.4 is 5.32 Å². The monoisotopic (exact) mass is 485 g/mol. The first-order chi connectivity index (χ1) is 15.5. The van der Waals surface area contributed by atoms with E-state index < -0.39 is 6.10 Å². The Hall–Kier alpha value is -1.81. The van der Waals surface area contributed by atoms with Crippen LogP contribution in [0.1, 0.15) is 54.5 Å². The van der Waals surface area contributed by atoms with Crippen LogP contribution in [0.2, 0.25) is 15.1 Å². The molecule has 0 radical (unpaired) electrons. The van der Waals surface area contributed by atoms with Crippen molar-refractivity contribution in [3.05, 3.63) is 91.9 Å². The summed E-state index contributed by atoms with van der Waals surface area (Å²) in [4.78, 5) is 0. The summed E-state index contributed by atoms with van der Waals surface area (Å²) in [6, 6.07) is 17.5. The number of benzene rings is 3. The van der Waals surface area contributed by atoms with Gasteiger partial charge in [-0.25, -0.2) is 0 Å². The largest absolute Gasteiger partial charge is 0.387 e. The van der Waals surface area contributed by atoms with Gasteiger partial charge in [-0.2, -0.15) is 0 Å². The van der Waals surface area contributed by atoms with E-state index in [-0.39, 0.29) is 0 Å². The predicted octanol–water partition coefficient (Wildman–Crippen LogP) is 8.03. The van der Waals surface area contributed by atoms with E-state index in [2.05, 4.69) is 18.3 Å². The average molecular weight is 487 g/mol. The summed E-state index contributed by atoms with van der Waals surface area (Å²) in [6.45, 7) is 3.56. The van der Waals surface area contributed by atoms with Crippen molar-refractivity contribution in [3.8, 4) is 11.1 Å². The summed E-state index contributed by atoms with van der Waals surface area (Å²) in [5, 5.41) is 16.4. The summed E-state index contributed by atoms with van der Waals surface area (Å²) in [5.74, 6) is 0. The molecule has 0 bridgehead atoms. The Morgan fingerprint density at radius 1 is 0.844 bits per heavy atom. The number of halogens is 3. The summed E-state index contributed by atoms with van der Waals surface area (Å²) >= 11 is 19.0. The summed E-state index contributed by atoms with van der Waals surface area (Å²) in [7, 11) is 0. The highest BCUT2D eigenvalue weighted by molar-refractivity contribution is 6.32. The first-order valence-corrected chi connectivity index (χ1v) is 12.1. The molecular weight excluding hydrogens is 461 g/mol. The smallest absolute Gasteiger partial charge is 0.0921 e. The molecule has 0 aromatic heterocycles. The molecule has 0 saturated heterocycles. The minimum Gasteiger partial charge on any atom is -0.387 e. The van der Waals surface area contributed by atoms with Crippen molar-refractivity contribution in [1.82, 2.24) is 5.32 Å². The van der Waals surface area contributed by atoms with E-state index in [1.165, 1.54) is 12.8 Å². The summed E-state index contributed by atoms with van der Waals surface area (Å²) in [5.41, 5.74) is 7.01. The molecule has 0 amide bonds. The molecule has 0 spiro atoms. The number of aliphatic hydroxyl groups excluding tert-OH is 1. The van der Waals surface area contributed by atoms with Crippen LogP contribution in [0.3, 0.4) is 0 Å². The highest BCUT2D eigenvalue weighted by atomic mass is 35.5. The molecule has 1 aliphatic rings. The van der Waals surface area contributed by atoms with Gasteiger partial charge in [-0.05, 0) is 94.4 Å². The molecule has 2 N–H and O–H groups in total. The Labute approximate surface area is 204 Å². The Bertz CT molecular complexity index is 1140. The molecule has 0 fully saturated rings. The molecule has 3 aromatic carbocycles. The minimum absolute atomic E-state index is 0.482. The number of hydrogen-bond acceptors (Lipinski definition) is 2. The standard InChI is InChI=1S/C27H26Cl3NO/c1-2-3-4-11-31-16-26(32)25-15-20(30)14-24-22(12-17-5-7-18(28)8-6-17)23-13-19(29)9-10-21(23)27(24)25/h5-10,12-15,26,31-32H,2-4,11,16H2,1H3/b22-12+. The van der Waals surface area contributed by atoms with Gasteiger partial charge < -0.3 is 10.4 Å².